The van der Waals surface area contributed by atoms with Crippen molar-refractivity contribution in [3.05, 3.63) is 65.5 Å². The van der Waals surface area contributed by atoms with E-state index in [2.05, 4.69) is 15.6 Å². The highest BCUT2D eigenvalue weighted by Crippen LogP contribution is 2.11. The molecule has 0 atom stereocenters. The third-order valence-electron chi connectivity index (χ3n) is 4.03. The monoisotopic (exact) mass is 373 g/mol. The zero-order valence-electron chi connectivity index (χ0n) is 16.0. The van der Waals surface area contributed by atoms with Gasteiger partial charge in [-0.3, -0.25) is 4.99 Å². The van der Waals surface area contributed by atoms with Gasteiger partial charge in [-0.1, -0.05) is 24.3 Å². The number of hydrogen-bond acceptors (Lipinski definition) is 3. The van der Waals surface area contributed by atoms with E-state index in [1.165, 1.54) is 12.1 Å². The van der Waals surface area contributed by atoms with Crippen LogP contribution in [0.25, 0.3) is 0 Å². The Balaban J connectivity index is 1.54. The molecule has 0 unspecified atom stereocenters. The van der Waals surface area contributed by atoms with Gasteiger partial charge in [-0.05, 0) is 48.2 Å². The van der Waals surface area contributed by atoms with E-state index in [0.717, 1.165) is 48.8 Å². The van der Waals surface area contributed by atoms with Crippen LogP contribution < -0.4 is 15.4 Å². The van der Waals surface area contributed by atoms with Crippen molar-refractivity contribution in [2.24, 2.45) is 4.99 Å². The number of halogens is 1. The number of benzene rings is 2. The fourth-order valence-corrected chi connectivity index (χ4v) is 2.49. The highest BCUT2D eigenvalue weighted by atomic mass is 19.1. The van der Waals surface area contributed by atoms with E-state index >= 15 is 0 Å². The molecule has 0 aliphatic rings. The lowest BCUT2D eigenvalue weighted by Crippen LogP contribution is -2.39. The molecule has 0 amide bonds. The summed E-state index contributed by atoms with van der Waals surface area (Å²) in [6.45, 7) is 2.78. The van der Waals surface area contributed by atoms with Crippen molar-refractivity contribution in [2.75, 3.05) is 33.9 Å². The van der Waals surface area contributed by atoms with Gasteiger partial charge < -0.3 is 20.1 Å². The standard InChI is InChI=1S/C21H28FN3O2/c1-23-21(25-14-12-17-4-8-19(22)9-5-17)24-13-3-15-27-16-18-6-10-20(26-2)11-7-18/h4-11H,3,12-16H2,1-2H3,(H2,23,24,25). The number of rotatable bonds is 10. The maximum atomic E-state index is 12.9. The molecule has 0 spiro atoms. The van der Waals surface area contributed by atoms with E-state index in [0.29, 0.717) is 13.2 Å². The molecule has 27 heavy (non-hydrogen) atoms. The van der Waals surface area contributed by atoms with Crippen LogP contribution in [0.1, 0.15) is 17.5 Å². The van der Waals surface area contributed by atoms with E-state index < -0.39 is 0 Å². The van der Waals surface area contributed by atoms with Gasteiger partial charge in [0.05, 0.1) is 13.7 Å². The Morgan fingerprint density at radius 1 is 0.963 bits per heavy atom. The molecule has 5 nitrogen and oxygen atoms in total. The molecule has 0 aliphatic carbocycles. The zero-order valence-corrected chi connectivity index (χ0v) is 16.0. The Kier molecular flexibility index (Phi) is 9.13. The Morgan fingerprint density at radius 2 is 1.63 bits per heavy atom. The molecule has 2 aromatic rings. The topological polar surface area (TPSA) is 54.9 Å². The molecule has 0 bridgehead atoms. The lowest BCUT2D eigenvalue weighted by Gasteiger charge is -2.12. The molecule has 6 heteroatoms. The van der Waals surface area contributed by atoms with Crippen LogP contribution in [0.2, 0.25) is 0 Å². The maximum absolute atomic E-state index is 12.9. The normalized spacial score (nSPS) is 11.3. The van der Waals surface area contributed by atoms with Crippen LogP contribution in [0, 0.1) is 5.82 Å². The fraction of sp³-hybridized carbons (Fsp3) is 0.381. The van der Waals surface area contributed by atoms with Gasteiger partial charge in [0.1, 0.15) is 11.6 Å². The molecule has 0 radical (unpaired) electrons. The predicted molar refractivity (Wildman–Crippen MR) is 107 cm³/mol. The number of ether oxygens (including phenoxy) is 2. The summed E-state index contributed by atoms with van der Waals surface area (Å²) >= 11 is 0. The van der Waals surface area contributed by atoms with Crippen molar-refractivity contribution in [3.63, 3.8) is 0 Å². The Labute approximate surface area is 160 Å². The minimum absolute atomic E-state index is 0.210. The first-order valence-corrected chi connectivity index (χ1v) is 9.11. The molecule has 2 rings (SSSR count). The van der Waals surface area contributed by atoms with Gasteiger partial charge in [0.2, 0.25) is 0 Å². The first-order valence-electron chi connectivity index (χ1n) is 9.11. The Morgan fingerprint density at radius 3 is 2.30 bits per heavy atom. The highest BCUT2D eigenvalue weighted by Gasteiger charge is 1.99. The van der Waals surface area contributed by atoms with Crippen LogP contribution in [0.15, 0.2) is 53.5 Å². The lowest BCUT2D eigenvalue weighted by molar-refractivity contribution is 0.119. The van der Waals surface area contributed by atoms with Gasteiger partial charge in [-0.15, -0.1) is 0 Å². The molecule has 146 valence electrons. The molecule has 2 N–H and O–H groups in total. The smallest absolute Gasteiger partial charge is 0.190 e. The van der Waals surface area contributed by atoms with Crippen LogP contribution in [0.4, 0.5) is 4.39 Å². The predicted octanol–water partition coefficient (Wildman–Crippen LogP) is 3.15. The number of methoxy groups -OCH3 is 1. The first-order chi connectivity index (χ1) is 13.2. The maximum Gasteiger partial charge on any atom is 0.190 e. The number of aliphatic imine (C=N–C) groups is 1. The summed E-state index contributed by atoms with van der Waals surface area (Å²) < 4.78 is 23.7. The zero-order chi connectivity index (χ0) is 19.3. The molecule has 0 heterocycles. The molecule has 0 aromatic heterocycles. The summed E-state index contributed by atoms with van der Waals surface area (Å²) in [4.78, 5) is 4.20. The molecular formula is C21H28FN3O2. The van der Waals surface area contributed by atoms with Crippen LogP contribution in [-0.2, 0) is 17.8 Å². The summed E-state index contributed by atoms with van der Waals surface area (Å²) in [6.07, 6.45) is 1.70. The average Bonchev–Trinajstić information content (AvgIpc) is 2.71. The minimum atomic E-state index is -0.210. The molecule has 0 saturated heterocycles. The first kappa shape index (κ1) is 20.7. The number of guanidine groups is 1. The van der Waals surface area contributed by atoms with Crippen LogP contribution in [0.3, 0.4) is 0 Å². The van der Waals surface area contributed by atoms with Crippen molar-refractivity contribution in [2.45, 2.75) is 19.4 Å². The molecular weight excluding hydrogens is 345 g/mol. The highest BCUT2D eigenvalue weighted by molar-refractivity contribution is 5.79. The van der Waals surface area contributed by atoms with Gasteiger partial charge in [-0.2, -0.15) is 0 Å². The summed E-state index contributed by atoms with van der Waals surface area (Å²) in [7, 11) is 3.40. The third-order valence-corrected chi connectivity index (χ3v) is 4.03. The van der Waals surface area contributed by atoms with E-state index in [1.54, 1.807) is 26.3 Å². The van der Waals surface area contributed by atoms with Crippen molar-refractivity contribution in [3.8, 4) is 5.75 Å². The number of nitrogens with one attached hydrogen (secondary N) is 2. The van der Waals surface area contributed by atoms with Crippen LogP contribution in [0.5, 0.6) is 5.75 Å². The molecule has 2 aromatic carbocycles. The summed E-state index contributed by atoms with van der Waals surface area (Å²) in [5.41, 5.74) is 2.22. The van der Waals surface area contributed by atoms with Gasteiger partial charge in [0, 0.05) is 26.7 Å². The molecule has 0 fully saturated rings. The minimum Gasteiger partial charge on any atom is -0.497 e. The fourth-order valence-electron chi connectivity index (χ4n) is 2.49. The van der Waals surface area contributed by atoms with Gasteiger partial charge >= 0.3 is 0 Å². The van der Waals surface area contributed by atoms with Crippen molar-refractivity contribution in [1.29, 1.82) is 0 Å². The molecule has 0 saturated carbocycles. The van der Waals surface area contributed by atoms with Crippen LogP contribution in [-0.4, -0.2) is 39.8 Å². The van der Waals surface area contributed by atoms with E-state index in [9.17, 15) is 4.39 Å². The van der Waals surface area contributed by atoms with Crippen molar-refractivity contribution in [1.82, 2.24) is 10.6 Å². The molecule has 0 aliphatic heterocycles. The second-order valence-electron chi connectivity index (χ2n) is 6.06. The second kappa shape index (κ2) is 11.9. The quantitative estimate of drug-likeness (QED) is 0.382. The Hall–Kier alpha value is -2.60. The summed E-state index contributed by atoms with van der Waals surface area (Å²) in [5, 5.41) is 6.51. The average molecular weight is 373 g/mol. The summed E-state index contributed by atoms with van der Waals surface area (Å²) in [6, 6.07) is 14.4. The summed E-state index contributed by atoms with van der Waals surface area (Å²) in [5.74, 6) is 1.40. The van der Waals surface area contributed by atoms with Gasteiger partial charge in [-0.25, -0.2) is 4.39 Å². The second-order valence-corrected chi connectivity index (χ2v) is 6.06. The van der Waals surface area contributed by atoms with E-state index in [4.69, 9.17) is 9.47 Å². The lowest BCUT2D eigenvalue weighted by atomic mass is 10.1. The van der Waals surface area contributed by atoms with Gasteiger partial charge in [0.25, 0.3) is 0 Å². The van der Waals surface area contributed by atoms with Gasteiger partial charge in [0.15, 0.2) is 5.96 Å². The number of nitrogens with zero attached hydrogens (tertiary/aromatic N) is 1. The SMILES string of the molecule is CN=C(NCCCOCc1ccc(OC)cc1)NCCc1ccc(F)cc1. The third kappa shape index (κ3) is 8.09. The number of hydrogen-bond donors (Lipinski definition) is 2. The van der Waals surface area contributed by atoms with E-state index in [1.807, 2.05) is 24.3 Å². The van der Waals surface area contributed by atoms with Crippen LogP contribution >= 0.6 is 0 Å². The van der Waals surface area contributed by atoms with Crippen molar-refractivity contribution < 1.29 is 13.9 Å². The van der Waals surface area contributed by atoms with E-state index in [-0.39, 0.29) is 5.82 Å². The van der Waals surface area contributed by atoms with Crippen molar-refractivity contribution >= 4 is 5.96 Å². The Bertz CT molecular complexity index is 688. The largest absolute Gasteiger partial charge is 0.497 e.